The first-order valence-corrected chi connectivity index (χ1v) is 5.96. The number of hydrogen-bond acceptors (Lipinski definition) is 4. The topological polar surface area (TPSA) is 49.8 Å². The highest BCUT2D eigenvalue weighted by atomic mass is 35.5. The van der Waals surface area contributed by atoms with Gasteiger partial charge in [0.05, 0.1) is 11.2 Å². The molecule has 0 fully saturated rings. The van der Waals surface area contributed by atoms with Crippen LogP contribution in [0.2, 0.25) is 5.02 Å². The van der Waals surface area contributed by atoms with Crippen LogP contribution >= 0.6 is 11.6 Å². The first-order chi connectivity index (χ1) is 9.10. The molecule has 0 saturated heterocycles. The van der Waals surface area contributed by atoms with E-state index in [-0.39, 0.29) is 10.8 Å². The van der Waals surface area contributed by atoms with E-state index in [0.717, 1.165) is 6.20 Å². The van der Waals surface area contributed by atoms with Crippen molar-refractivity contribution in [2.75, 3.05) is 17.2 Å². The molecule has 2 aromatic rings. The predicted octanol–water partition coefficient (Wildman–Crippen LogP) is 3.58. The first-order valence-electron chi connectivity index (χ1n) is 5.58. The van der Waals surface area contributed by atoms with Gasteiger partial charge in [-0.05, 0) is 25.1 Å². The molecule has 19 heavy (non-hydrogen) atoms. The zero-order chi connectivity index (χ0) is 13.8. The van der Waals surface area contributed by atoms with Crippen molar-refractivity contribution in [3.8, 4) is 0 Å². The Kier molecular flexibility index (Phi) is 4.11. The molecule has 2 N–H and O–H groups in total. The highest BCUT2D eigenvalue weighted by Crippen LogP contribution is 2.23. The average Bonchev–Trinajstić information content (AvgIpc) is 2.38. The molecule has 0 spiro atoms. The second-order valence-corrected chi connectivity index (χ2v) is 4.08. The van der Waals surface area contributed by atoms with E-state index in [4.69, 9.17) is 11.6 Å². The van der Waals surface area contributed by atoms with Gasteiger partial charge in [-0.15, -0.1) is 0 Å². The molecule has 0 radical (unpaired) electrons. The van der Waals surface area contributed by atoms with Crippen molar-refractivity contribution >= 4 is 29.1 Å². The smallest absolute Gasteiger partial charge is 0.224 e. The minimum atomic E-state index is -0.609. The number of nitrogens with one attached hydrogen (secondary N) is 2. The van der Waals surface area contributed by atoms with E-state index in [2.05, 4.69) is 20.6 Å². The maximum Gasteiger partial charge on any atom is 0.224 e. The van der Waals surface area contributed by atoms with Crippen LogP contribution in [0, 0.1) is 11.6 Å². The minimum Gasteiger partial charge on any atom is -0.354 e. The molecule has 0 unspecified atom stereocenters. The minimum absolute atomic E-state index is 0.00590. The van der Waals surface area contributed by atoms with E-state index in [1.807, 2.05) is 6.92 Å². The Hall–Kier alpha value is -1.95. The Morgan fingerprint density at radius 3 is 2.74 bits per heavy atom. The predicted molar refractivity (Wildman–Crippen MR) is 70.8 cm³/mol. The molecule has 1 aromatic carbocycles. The summed E-state index contributed by atoms with van der Waals surface area (Å²) in [6, 6.07) is 3.98. The van der Waals surface area contributed by atoms with Crippen LogP contribution < -0.4 is 10.6 Å². The van der Waals surface area contributed by atoms with Gasteiger partial charge in [0.1, 0.15) is 5.82 Å². The Bertz CT molecular complexity index is 592. The Labute approximate surface area is 113 Å². The molecule has 0 atom stereocenters. The lowest BCUT2D eigenvalue weighted by atomic mass is 10.3. The molecule has 0 amide bonds. The van der Waals surface area contributed by atoms with Crippen molar-refractivity contribution in [1.29, 1.82) is 0 Å². The zero-order valence-electron chi connectivity index (χ0n) is 10.0. The van der Waals surface area contributed by atoms with Crippen LogP contribution in [0.4, 0.5) is 26.2 Å². The normalized spacial score (nSPS) is 10.3. The van der Waals surface area contributed by atoms with Crippen molar-refractivity contribution < 1.29 is 8.78 Å². The van der Waals surface area contributed by atoms with Gasteiger partial charge in [-0.2, -0.15) is 4.98 Å². The van der Waals surface area contributed by atoms with E-state index in [0.29, 0.717) is 18.2 Å². The van der Waals surface area contributed by atoms with E-state index >= 15 is 0 Å². The molecule has 1 heterocycles. The summed E-state index contributed by atoms with van der Waals surface area (Å²) in [5.41, 5.74) is 0.437. The van der Waals surface area contributed by atoms with E-state index in [1.165, 1.54) is 18.2 Å². The van der Waals surface area contributed by atoms with Crippen LogP contribution in [0.3, 0.4) is 0 Å². The fraction of sp³-hybridized carbons (Fsp3) is 0.167. The van der Waals surface area contributed by atoms with Crippen LogP contribution in [0.15, 0.2) is 24.4 Å². The molecule has 1 aromatic heterocycles. The average molecular weight is 285 g/mol. The maximum absolute atomic E-state index is 13.6. The second kappa shape index (κ2) is 5.79. The Balaban J connectivity index is 2.26. The van der Waals surface area contributed by atoms with Gasteiger partial charge in [0.15, 0.2) is 11.6 Å². The first kappa shape index (κ1) is 13.5. The third-order valence-electron chi connectivity index (χ3n) is 2.26. The van der Waals surface area contributed by atoms with Gasteiger partial charge in [0.25, 0.3) is 0 Å². The maximum atomic E-state index is 13.6. The summed E-state index contributed by atoms with van der Waals surface area (Å²) in [5, 5.41) is 5.54. The van der Waals surface area contributed by atoms with Gasteiger partial charge < -0.3 is 10.6 Å². The lowest BCUT2D eigenvalue weighted by Gasteiger charge is -2.09. The van der Waals surface area contributed by atoms with Gasteiger partial charge in [0.2, 0.25) is 5.95 Å². The van der Waals surface area contributed by atoms with Crippen molar-refractivity contribution in [1.82, 2.24) is 9.97 Å². The van der Waals surface area contributed by atoms with E-state index in [1.54, 1.807) is 0 Å². The Morgan fingerprint density at radius 1 is 1.26 bits per heavy atom. The van der Waals surface area contributed by atoms with Gasteiger partial charge in [-0.25, -0.2) is 13.8 Å². The van der Waals surface area contributed by atoms with Crippen LogP contribution in [-0.4, -0.2) is 16.5 Å². The summed E-state index contributed by atoms with van der Waals surface area (Å²) in [6.07, 6.45) is 1.05. The third-order valence-corrected chi connectivity index (χ3v) is 2.55. The number of nitrogens with zero attached hydrogens (tertiary/aromatic N) is 2. The number of aromatic nitrogens is 2. The van der Waals surface area contributed by atoms with Crippen molar-refractivity contribution in [2.45, 2.75) is 6.92 Å². The molecule has 0 saturated carbocycles. The van der Waals surface area contributed by atoms with E-state index < -0.39 is 11.6 Å². The fourth-order valence-corrected chi connectivity index (χ4v) is 1.59. The summed E-state index contributed by atoms with van der Waals surface area (Å²) in [6.45, 7) is 2.49. The lowest BCUT2D eigenvalue weighted by molar-refractivity contribution is 0.619. The number of hydrogen-bond donors (Lipinski definition) is 2. The second-order valence-electron chi connectivity index (χ2n) is 3.67. The molecule has 100 valence electrons. The van der Waals surface area contributed by atoms with Gasteiger partial charge in [-0.1, -0.05) is 11.6 Å². The SMILES string of the molecule is CCNc1ncc(F)c(Nc2ccc(F)c(Cl)c2)n1. The summed E-state index contributed by atoms with van der Waals surface area (Å²) in [4.78, 5) is 7.74. The highest BCUT2D eigenvalue weighted by Gasteiger charge is 2.08. The summed E-state index contributed by atoms with van der Waals surface area (Å²) in [5.74, 6) is -0.848. The molecule has 7 heteroatoms. The van der Waals surface area contributed by atoms with Crippen molar-refractivity contribution in [3.63, 3.8) is 0 Å². The number of benzene rings is 1. The van der Waals surface area contributed by atoms with Crippen LogP contribution in [0.25, 0.3) is 0 Å². The van der Waals surface area contributed by atoms with Crippen LogP contribution in [-0.2, 0) is 0 Å². The third kappa shape index (κ3) is 3.29. The van der Waals surface area contributed by atoms with Gasteiger partial charge in [0, 0.05) is 12.2 Å². The highest BCUT2D eigenvalue weighted by molar-refractivity contribution is 6.31. The molecular formula is C12H11ClF2N4. The fourth-order valence-electron chi connectivity index (χ4n) is 1.41. The summed E-state index contributed by atoms with van der Waals surface area (Å²) in [7, 11) is 0. The standard InChI is InChI=1S/C12H11ClF2N4/c1-2-16-12-17-6-10(15)11(19-12)18-7-3-4-9(14)8(13)5-7/h3-6H,2H2,1H3,(H2,16,17,18,19). The molecule has 0 bridgehead atoms. The number of halogens is 3. The molecule has 4 nitrogen and oxygen atoms in total. The van der Waals surface area contributed by atoms with Crippen LogP contribution in [0.1, 0.15) is 6.92 Å². The van der Waals surface area contributed by atoms with Crippen LogP contribution in [0.5, 0.6) is 0 Å². The Morgan fingerprint density at radius 2 is 2.05 bits per heavy atom. The molecule has 2 rings (SSSR count). The monoisotopic (exact) mass is 284 g/mol. The lowest BCUT2D eigenvalue weighted by Crippen LogP contribution is -2.05. The zero-order valence-corrected chi connectivity index (χ0v) is 10.8. The van der Waals surface area contributed by atoms with Crippen molar-refractivity contribution in [3.05, 3.63) is 41.1 Å². The van der Waals surface area contributed by atoms with E-state index in [9.17, 15) is 8.78 Å². The number of anilines is 3. The molecule has 0 aliphatic heterocycles. The molecular weight excluding hydrogens is 274 g/mol. The molecule has 0 aliphatic carbocycles. The number of rotatable bonds is 4. The van der Waals surface area contributed by atoms with Gasteiger partial charge >= 0.3 is 0 Å². The summed E-state index contributed by atoms with van der Waals surface area (Å²) < 4.78 is 26.6. The van der Waals surface area contributed by atoms with Crippen molar-refractivity contribution in [2.24, 2.45) is 0 Å². The quantitative estimate of drug-likeness (QED) is 0.901. The largest absolute Gasteiger partial charge is 0.354 e. The molecule has 0 aliphatic rings. The summed E-state index contributed by atoms with van der Waals surface area (Å²) >= 11 is 5.65. The van der Waals surface area contributed by atoms with Gasteiger partial charge in [-0.3, -0.25) is 0 Å².